The minimum Gasteiger partial charge on any atom is -0.371 e. The highest BCUT2D eigenvalue weighted by molar-refractivity contribution is 5.54. The van der Waals surface area contributed by atoms with E-state index in [0.29, 0.717) is 12.1 Å². The predicted octanol–water partition coefficient (Wildman–Crippen LogP) is 3.70. The largest absolute Gasteiger partial charge is 0.371 e. The summed E-state index contributed by atoms with van der Waals surface area (Å²) in [5.41, 5.74) is 2.23. The number of halogens is 1. The van der Waals surface area contributed by atoms with Crippen molar-refractivity contribution >= 4 is 5.69 Å². The van der Waals surface area contributed by atoms with Crippen LogP contribution in [0.5, 0.6) is 0 Å². The number of rotatable bonds is 5. The van der Waals surface area contributed by atoms with E-state index in [1.165, 1.54) is 31.4 Å². The Morgan fingerprint density at radius 2 is 2.00 bits per heavy atom. The van der Waals surface area contributed by atoms with Gasteiger partial charge in [-0.25, -0.2) is 4.39 Å². The van der Waals surface area contributed by atoms with Gasteiger partial charge in [0.15, 0.2) is 0 Å². The van der Waals surface area contributed by atoms with E-state index >= 15 is 0 Å². The first kappa shape index (κ1) is 14.3. The normalized spacial score (nSPS) is 16.3. The number of hydrogen-bond donors (Lipinski definition) is 1. The number of hydrogen-bond acceptors (Lipinski definition) is 2. The predicted molar refractivity (Wildman–Crippen MR) is 79.0 cm³/mol. The third-order valence-electron chi connectivity index (χ3n) is 3.99. The molecule has 19 heavy (non-hydrogen) atoms. The molecule has 0 aliphatic heterocycles. The van der Waals surface area contributed by atoms with Crippen LogP contribution < -0.4 is 10.2 Å². The molecular weight excluding hydrogens is 239 g/mol. The molecule has 0 amide bonds. The van der Waals surface area contributed by atoms with Gasteiger partial charge in [0.2, 0.25) is 0 Å². The molecular formula is C16H25FN2. The first-order valence-electron chi connectivity index (χ1n) is 7.32. The molecule has 1 N–H and O–H groups in total. The average molecular weight is 264 g/mol. The van der Waals surface area contributed by atoms with Crippen LogP contribution in [0.4, 0.5) is 10.1 Å². The number of nitrogens with one attached hydrogen (secondary N) is 1. The van der Waals surface area contributed by atoms with E-state index in [9.17, 15) is 4.39 Å². The van der Waals surface area contributed by atoms with Crippen molar-refractivity contribution in [2.24, 2.45) is 0 Å². The topological polar surface area (TPSA) is 15.3 Å². The highest BCUT2D eigenvalue weighted by atomic mass is 19.1. The van der Waals surface area contributed by atoms with Gasteiger partial charge in [0.25, 0.3) is 0 Å². The lowest BCUT2D eigenvalue weighted by molar-refractivity contribution is 0.577. The van der Waals surface area contributed by atoms with Gasteiger partial charge < -0.3 is 10.2 Å². The van der Waals surface area contributed by atoms with Crippen molar-refractivity contribution in [1.82, 2.24) is 5.32 Å². The fourth-order valence-corrected chi connectivity index (χ4v) is 2.84. The van der Waals surface area contributed by atoms with Crippen molar-refractivity contribution in [2.45, 2.75) is 58.2 Å². The molecule has 0 aromatic heterocycles. The molecule has 0 bridgehead atoms. The fourth-order valence-electron chi connectivity index (χ4n) is 2.84. The van der Waals surface area contributed by atoms with Crippen molar-refractivity contribution in [1.29, 1.82) is 0 Å². The highest BCUT2D eigenvalue weighted by Crippen LogP contribution is 2.29. The zero-order chi connectivity index (χ0) is 13.8. The SMILES string of the molecule is CC(C)NCc1cc(F)ccc1N(C)C1CCCC1. The molecule has 1 saturated carbocycles. The molecule has 0 radical (unpaired) electrons. The standard InChI is InChI=1S/C16H25FN2/c1-12(2)18-11-13-10-14(17)8-9-16(13)19(3)15-6-4-5-7-15/h8-10,12,15,18H,4-7,11H2,1-3H3. The second-order valence-corrected chi connectivity index (χ2v) is 5.86. The maximum atomic E-state index is 13.5. The van der Waals surface area contributed by atoms with Crippen molar-refractivity contribution in [2.75, 3.05) is 11.9 Å². The van der Waals surface area contributed by atoms with E-state index in [4.69, 9.17) is 0 Å². The average Bonchev–Trinajstić information content (AvgIpc) is 2.89. The van der Waals surface area contributed by atoms with Crippen LogP contribution >= 0.6 is 0 Å². The molecule has 1 aliphatic carbocycles. The Bertz CT molecular complexity index is 411. The second kappa shape index (κ2) is 6.38. The van der Waals surface area contributed by atoms with Crippen LogP contribution in [0.1, 0.15) is 45.1 Å². The number of nitrogens with zero attached hydrogens (tertiary/aromatic N) is 1. The summed E-state index contributed by atoms with van der Waals surface area (Å²) in [7, 11) is 2.14. The second-order valence-electron chi connectivity index (χ2n) is 5.86. The molecule has 0 unspecified atom stereocenters. The van der Waals surface area contributed by atoms with Crippen LogP contribution in [0.3, 0.4) is 0 Å². The van der Waals surface area contributed by atoms with Gasteiger partial charge in [-0.15, -0.1) is 0 Å². The van der Waals surface area contributed by atoms with E-state index in [1.807, 2.05) is 6.07 Å². The van der Waals surface area contributed by atoms with Gasteiger partial charge in [0, 0.05) is 31.4 Å². The molecule has 106 valence electrons. The zero-order valence-corrected chi connectivity index (χ0v) is 12.2. The Morgan fingerprint density at radius 1 is 1.32 bits per heavy atom. The van der Waals surface area contributed by atoms with Gasteiger partial charge in [-0.1, -0.05) is 26.7 Å². The van der Waals surface area contributed by atoms with E-state index < -0.39 is 0 Å². The van der Waals surface area contributed by atoms with Crippen LogP contribution in [-0.4, -0.2) is 19.1 Å². The first-order valence-corrected chi connectivity index (χ1v) is 7.32. The van der Waals surface area contributed by atoms with Gasteiger partial charge >= 0.3 is 0 Å². The van der Waals surface area contributed by atoms with Crippen molar-refractivity contribution in [3.05, 3.63) is 29.6 Å². The van der Waals surface area contributed by atoms with Gasteiger partial charge in [0.05, 0.1) is 0 Å². The van der Waals surface area contributed by atoms with Crippen LogP contribution in [0, 0.1) is 5.82 Å². The van der Waals surface area contributed by atoms with Gasteiger partial charge in [-0.3, -0.25) is 0 Å². The zero-order valence-electron chi connectivity index (χ0n) is 12.2. The van der Waals surface area contributed by atoms with E-state index in [1.54, 1.807) is 12.1 Å². The summed E-state index contributed by atoms with van der Waals surface area (Å²) >= 11 is 0. The van der Waals surface area contributed by atoms with Crippen LogP contribution in [0.2, 0.25) is 0 Å². The molecule has 1 aromatic carbocycles. The minimum absolute atomic E-state index is 0.149. The molecule has 2 nitrogen and oxygen atoms in total. The Kier molecular flexibility index (Phi) is 4.81. The fraction of sp³-hybridized carbons (Fsp3) is 0.625. The monoisotopic (exact) mass is 264 g/mol. The van der Waals surface area contributed by atoms with Crippen molar-refractivity contribution < 1.29 is 4.39 Å². The van der Waals surface area contributed by atoms with Gasteiger partial charge in [0.1, 0.15) is 5.82 Å². The molecule has 0 spiro atoms. The van der Waals surface area contributed by atoms with Crippen LogP contribution in [-0.2, 0) is 6.54 Å². The Balaban J connectivity index is 2.17. The maximum Gasteiger partial charge on any atom is 0.123 e. The van der Waals surface area contributed by atoms with Crippen LogP contribution in [0.15, 0.2) is 18.2 Å². The smallest absolute Gasteiger partial charge is 0.123 e. The Labute approximate surface area is 116 Å². The summed E-state index contributed by atoms with van der Waals surface area (Å²) in [6, 6.07) is 6.18. The van der Waals surface area contributed by atoms with Crippen LogP contribution in [0.25, 0.3) is 0 Å². The Hall–Kier alpha value is -1.09. The summed E-state index contributed by atoms with van der Waals surface area (Å²) < 4.78 is 13.5. The third kappa shape index (κ3) is 3.69. The molecule has 1 aromatic rings. The van der Waals surface area contributed by atoms with E-state index in [-0.39, 0.29) is 5.82 Å². The summed E-state index contributed by atoms with van der Waals surface area (Å²) in [6.07, 6.45) is 5.14. The summed E-state index contributed by atoms with van der Waals surface area (Å²) in [5.74, 6) is -0.149. The molecule has 3 heteroatoms. The summed E-state index contributed by atoms with van der Waals surface area (Å²) in [6.45, 7) is 4.95. The summed E-state index contributed by atoms with van der Waals surface area (Å²) in [5, 5.41) is 3.38. The highest BCUT2D eigenvalue weighted by Gasteiger charge is 2.21. The lowest BCUT2D eigenvalue weighted by Crippen LogP contribution is -2.31. The molecule has 0 heterocycles. The lowest BCUT2D eigenvalue weighted by atomic mass is 10.1. The molecule has 2 rings (SSSR count). The minimum atomic E-state index is -0.149. The first-order chi connectivity index (χ1) is 9.08. The van der Waals surface area contributed by atoms with Crippen molar-refractivity contribution in [3.8, 4) is 0 Å². The lowest BCUT2D eigenvalue weighted by Gasteiger charge is -2.29. The van der Waals surface area contributed by atoms with E-state index in [2.05, 4.69) is 31.1 Å². The van der Waals surface area contributed by atoms with Crippen molar-refractivity contribution in [3.63, 3.8) is 0 Å². The number of anilines is 1. The summed E-state index contributed by atoms with van der Waals surface area (Å²) in [4.78, 5) is 2.34. The Morgan fingerprint density at radius 3 is 2.63 bits per heavy atom. The number of benzene rings is 1. The third-order valence-corrected chi connectivity index (χ3v) is 3.99. The van der Waals surface area contributed by atoms with Gasteiger partial charge in [-0.2, -0.15) is 0 Å². The molecule has 1 fully saturated rings. The maximum absolute atomic E-state index is 13.5. The molecule has 1 aliphatic rings. The van der Waals surface area contributed by atoms with Gasteiger partial charge in [-0.05, 0) is 36.6 Å². The van der Waals surface area contributed by atoms with E-state index in [0.717, 1.165) is 12.1 Å². The molecule has 0 atom stereocenters. The molecule has 0 saturated heterocycles. The quantitative estimate of drug-likeness (QED) is 0.872.